The van der Waals surface area contributed by atoms with E-state index < -0.39 is 0 Å². The average Bonchev–Trinajstić information content (AvgIpc) is 3.96. The lowest BCUT2D eigenvalue weighted by molar-refractivity contribution is 0.623. The molecular formula is C49H30N2OS2. The van der Waals surface area contributed by atoms with Gasteiger partial charge in [-0.25, -0.2) is 4.98 Å². The van der Waals surface area contributed by atoms with E-state index in [0.717, 1.165) is 50.2 Å². The molecular weight excluding hydrogens is 697 g/mol. The van der Waals surface area contributed by atoms with Crippen molar-refractivity contribution in [3.63, 3.8) is 0 Å². The van der Waals surface area contributed by atoms with Gasteiger partial charge in [-0.3, -0.25) is 0 Å². The van der Waals surface area contributed by atoms with Crippen LogP contribution in [0, 0.1) is 0 Å². The monoisotopic (exact) mass is 726 g/mol. The first kappa shape index (κ1) is 31.0. The fourth-order valence-electron chi connectivity index (χ4n) is 7.78. The van der Waals surface area contributed by atoms with Gasteiger partial charge in [-0.2, -0.15) is 0 Å². The maximum atomic E-state index is 6.56. The minimum absolute atomic E-state index is 0.638. The Bertz CT molecular complexity index is 3140. The second kappa shape index (κ2) is 12.6. The number of fused-ring (bicyclic) bond motifs is 8. The molecule has 3 nitrogen and oxygen atoms in total. The molecule has 3 heterocycles. The number of hydrogen-bond acceptors (Lipinski definition) is 5. The van der Waals surface area contributed by atoms with Gasteiger partial charge in [-0.15, -0.1) is 22.7 Å². The Hall–Kier alpha value is -6.53. The summed E-state index contributed by atoms with van der Waals surface area (Å²) in [5.74, 6) is 0.638. The number of benzene rings is 8. The molecule has 0 bridgehead atoms. The molecule has 0 saturated heterocycles. The molecule has 254 valence electrons. The van der Waals surface area contributed by atoms with E-state index in [1.807, 2.05) is 53.0 Å². The van der Waals surface area contributed by atoms with E-state index >= 15 is 0 Å². The first-order valence-electron chi connectivity index (χ1n) is 18.0. The van der Waals surface area contributed by atoms with Crippen molar-refractivity contribution in [1.29, 1.82) is 0 Å². The molecule has 0 aliphatic rings. The quantitative estimate of drug-likeness (QED) is 0.171. The molecule has 5 heteroatoms. The largest absolute Gasteiger partial charge is 0.435 e. The number of anilines is 3. The Morgan fingerprint density at radius 2 is 1.00 bits per heavy atom. The van der Waals surface area contributed by atoms with Crippen LogP contribution < -0.4 is 4.90 Å². The van der Waals surface area contributed by atoms with Crippen molar-refractivity contribution in [3.05, 3.63) is 182 Å². The number of rotatable bonds is 6. The van der Waals surface area contributed by atoms with Gasteiger partial charge >= 0.3 is 0 Å². The van der Waals surface area contributed by atoms with E-state index in [4.69, 9.17) is 9.40 Å². The number of nitrogens with zero attached hydrogens (tertiary/aromatic N) is 2. The van der Waals surface area contributed by atoms with Crippen LogP contribution in [-0.2, 0) is 0 Å². The highest BCUT2D eigenvalue weighted by molar-refractivity contribution is 7.26. The second-order valence-corrected chi connectivity index (χ2v) is 15.6. The van der Waals surface area contributed by atoms with Crippen LogP contribution in [0.2, 0.25) is 0 Å². The Labute approximate surface area is 319 Å². The van der Waals surface area contributed by atoms with Crippen LogP contribution in [0.1, 0.15) is 0 Å². The van der Waals surface area contributed by atoms with Gasteiger partial charge in [-0.1, -0.05) is 115 Å². The van der Waals surface area contributed by atoms with Gasteiger partial charge in [0, 0.05) is 62.8 Å². The fraction of sp³-hybridized carbons (Fsp3) is 0. The zero-order valence-electron chi connectivity index (χ0n) is 28.9. The van der Waals surface area contributed by atoms with Crippen LogP contribution in [0.5, 0.6) is 0 Å². The van der Waals surface area contributed by atoms with Gasteiger partial charge in [0.1, 0.15) is 5.52 Å². The van der Waals surface area contributed by atoms with Crippen molar-refractivity contribution in [2.75, 3.05) is 4.90 Å². The summed E-state index contributed by atoms with van der Waals surface area (Å²) in [6.45, 7) is 0. The minimum atomic E-state index is 0.638. The van der Waals surface area contributed by atoms with Crippen LogP contribution in [0.4, 0.5) is 17.1 Å². The summed E-state index contributed by atoms with van der Waals surface area (Å²) in [6.07, 6.45) is 0. The number of hydrogen-bond donors (Lipinski definition) is 0. The van der Waals surface area contributed by atoms with Crippen LogP contribution in [0.15, 0.2) is 186 Å². The molecule has 0 aliphatic carbocycles. The maximum Gasteiger partial charge on any atom is 0.227 e. The standard InChI is InChI=1S/C49H30N2OS2/c1-3-12-31(13-4-1)32-22-26-35(27-23-32)51(41-18-11-21-44-45(41)37-16-7-9-19-42(37)53-44)36-28-24-33(25-29-36)39-30-40-47(52-49(50-40)34-14-5-2-6-15-34)46-38-17-8-10-20-43(38)54-48(39)46/h1-30H. The molecule has 0 radical (unpaired) electrons. The smallest absolute Gasteiger partial charge is 0.227 e. The average molecular weight is 727 g/mol. The molecule has 11 aromatic rings. The fourth-order valence-corrected chi connectivity index (χ4v) is 10.1. The molecule has 0 unspecified atom stereocenters. The number of thiophene rings is 2. The molecule has 54 heavy (non-hydrogen) atoms. The molecule has 0 saturated carbocycles. The van der Waals surface area contributed by atoms with E-state index in [1.165, 1.54) is 46.1 Å². The first-order valence-corrected chi connectivity index (χ1v) is 19.7. The molecule has 3 aromatic heterocycles. The molecule has 11 rings (SSSR count). The normalized spacial score (nSPS) is 11.7. The third-order valence-corrected chi connectivity index (χ3v) is 12.7. The van der Waals surface area contributed by atoms with Crippen molar-refractivity contribution in [1.82, 2.24) is 4.98 Å². The first-order chi connectivity index (χ1) is 26.8. The Kier molecular flexibility index (Phi) is 7.22. The van der Waals surface area contributed by atoms with Gasteiger partial charge in [0.2, 0.25) is 5.89 Å². The third-order valence-electron chi connectivity index (χ3n) is 10.3. The molecule has 0 spiro atoms. The minimum Gasteiger partial charge on any atom is -0.435 e. The van der Waals surface area contributed by atoms with Crippen LogP contribution >= 0.6 is 22.7 Å². The Morgan fingerprint density at radius 1 is 0.444 bits per heavy atom. The summed E-state index contributed by atoms with van der Waals surface area (Å²) in [5.41, 5.74) is 10.7. The molecule has 0 amide bonds. The molecule has 0 atom stereocenters. The Morgan fingerprint density at radius 3 is 1.70 bits per heavy atom. The van der Waals surface area contributed by atoms with E-state index in [1.54, 1.807) is 0 Å². The second-order valence-electron chi connectivity index (χ2n) is 13.5. The summed E-state index contributed by atoms with van der Waals surface area (Å²) < 4.78 is 11.6. The lowest BCUT2D eigenvalue weighted by Crippen LogP contribution is -2.10. The van der Waals surface area contributed by atoms with Crippen LogP contribution in [0.3, 0.4) is 0 Å². The van der Waals surface area contributed by atoms with Gasteiger partial charge in [-0.05, 0) is 83.4 Å². The van der Waals surface area contributed by atoms with Crippen LogP contribution in [0.25, 0.3) is 85.2 Å². The summed E-state index contributed by atoms with van der Waals surface area (Å²) in [5, 5.41) is 4.86. The lowest BCUT2D eigenvalue weighted by Gasteiger charge is -2.27. The molecule has 0 N–H and O–H groups in total. The van der Waals surface area contributed by atoms with Gasteiger partial charge in [0.15, 0.2) is 5.58 Å². The van der Waals surface area contributed by atoms with Gasteiger partial charge < -0.3 is 9.32 Å². The van der Waals surface area contributed by atoms with E-state index in [-0.39, 0.29) is 0 Å². The Balaban J connectivity index is 1.09. The third kappa shape index (κ3) is 5.05. The highest BCUT2D eigenvalue weighted by Gasteiger charge is 2.22. The number of oxazole rings is 1. The SMILES string of the molecule is c1ccc(-c2ccc(N(c3ccc(-c4cc5nc(-c6ccccc6)oc5c5c4sc4ccccc45)cc3)c3cccc4sc5ccccc5c34)cc2)cc1. The lowest BCUT2D eigenvalue weighted by atomic mass is 10.0. The van der Waals surface area contributed by atoms with Gasteiger partial charge in [0.05, 0.1) is 5.69 Å². The molecule has 0 aliphatic heterocycles. The highest BCUT2D eigenvalue weighted by Crippen LogP contribution is 2.48. The predicted octanol–water partition coefficient (Wildman–Crippen LogP) is 15.0. The summed E-state index contributed by atoms with van der Waals surface area (Å²) in [4.78, 5) is 7.44. The van der Waals surface area contributed by atoms with Crippen molar-refractivity contribution < 1.29 is 4.42 Å². The topological polar surface area (TPSA) is 29.3 Å². The zero-order chi connectivity index (χ0) is 35.6. The molecule has 0 fully saturated rings. The van der Waals surface area contributed by atoms with E-state index in [0.29, 0.717) is 5.89 Å². The molecule has 8 aromatic carbocycles. The van der Waals surface area contributed by atoms with Crippen molar-refractivity contribution in [3.8, 4) is 33.7 Å². The van der Waals surface area contributed by atoms with Gasteiger partial charge in [0.25, 0.3) is 0 Å². The highest BCUT2D eigenvalue weighted by atomic mass is 32.1. The maximum absolute atomic E-state index is 6.56. The summed E-state index contributed by atoms with van der Waals surface area (Å²) in [7, 11) is 0. The predicted molar refractivity (Wildman–Crippen MR) is 231 cm³/mol. The van der Waals surface area contributed by atoms with Crippen LogP contribution in [-0.4, -0.2) is 4.98 Å². The summed E-state index contributed by atoms with van der Waals surface area (Å²) in [6, 6.07) is 64.9. The van der Waals surface area contributed by atoms with E-state index in [2.05, 4.69) is 157 Å². The zero-order valence-corrected chi connectivity index (χ0v) is 30.6. The van der Waals surface area contributed by atoms with Crippen molar-refractivity contribution >= 4 is 91.2 Å². The summed E-state index contributed by atoms with van der Waals surface area (Å²) >= 11 is 3.66. The number of aromatic nitrogens is 1. The van der Waals surface area contributed by atoms with Crippen molar-refractivity contribution in [2.45, 2.75) is 0 Å². The van der Waals surface area contributed by atoms with E-state index in [9.17, 15) is 0 Å². The van der Waals surface area contributed by atoms with Crippen molar-refractivity contribution in [2.24, 2.45) is 0 Å².